The van der Waals surface area contributed by atoms with E-state index >= 15 is 4.39 Å². The average Bonchev–Trinajstić information content (AvgIpc) is 3.25. The van der Waals surface area contributed by atoms with Gasteiger partial charge in [-0.3, -0.25) is 5.01 Å². The van der Waals surface area contributed by atoms with Gasteiger partial charge in [0.25, 0.3) is 0 Å². The standard InChI is InChI=1S/C29H36F2N4OS/c1-7-8-26(24-11-9-23(16-32)10-12-24)22(4)37-21(3)20(2)29(36,17-35-19-34(6)18-33-35)27-14-13-25(30)15-28(27,5)31/h1,9-11,13-15,18,20,22,24,26-27,36H,3,8,12,17,19H2,2,4-6H3. The Bertz CT molecular complexity index is 1110. The van der Waals surface area contributed by atoms with Crippen LogP contribution in [0.1, 0.15) is 33.6 Å². The molecule has 0 saturated heterocycles. The van der Waals surface area contributed by atoms with Crippen LogP contribution in [0.5, 0.6) is 0 Å². The fourth-order valence-electron chi connectivity index (χ4n) is 5.36. The zero-order valence-electron chi connectivity index (χ0n) is 21.9. The number of hydrogen-bond acceptors (Lipinski definition) is 6. The molecule has 0 saturated carbocycles. The molecule has 8 heteroatoms. The summed E-state index contributed by atoms with van der Waals surface area (Å²) in [5.41, 5.74) is -3.08. The second kappa shape index (κ2) is 11.7. The third-order valence-electron chi connectivity index (χ3n) is 7.59. The third kappa shape index (κ3) is 6.55. The smallest absolute Gasteiger partial charge is 0.138 e. The van der Waals surface area contributed by atoms with Crippen LogP contribution in [0.3, 0.4) is 0 Å². The Morgan fingerprint density at radius 3 is 2.70 bits per heavy atom. The molecule has 7 unspecified atom stereocenters. The van der Waals surface area contributed by atoms with Gasteiger partial charge in [-0.25, -0.2) is 8.78 Å². The topological polar surface area (TPSA) is 62.9 Å². The van der Waals surface area contributed by atoms with E-state index in [-0.39, 0.29) is 23.6 Å². The predicted octanol–water partition coefficient (Wildman–Crippen LogP) is 5.57. The molecule has 0 aromatic carbocycles. The number of aliphatic hydroxyl groups is 1. The zero-order chi connectivity index (χ0) is 27.4. The normalized spacial score (nSPS) is 29.0. The van der Waals surface area contributed by atoms with E-state index in [1.807, 2.05) is 37.1 Å². The first kappa shape index (κ1) is 28.8. The molecule has 1 aliphatic heterocycles. The summed E-state index contributed by atoms with van der Waals surface area (Å²) in [6.07, 6.45) is 18.0. The van der Waals surface area contributed by atoms with E-state index < -0.39 is 28.9 Å². The van der Waals surface area contributed by atoms with Crippen molar-refractivity contribution in [2.24, 2.45) is 28.8 Å². The van der Waals surface area contributed by atoms with Gasteiger partial charge in [0.05, 0.1) is 12.6 Å². The van der Waals surface area contributed by atoms with Crippen LogP contribution < -0.4 is 0 Å². The number of hydrogen-bond donors (Lipinski definition) is 1. The minimum Gasteiger partial charge on any atom is -0.387 e. The lowest BCUT2D eigenvalue weighted by atomic mass is 9.69. The van der Waals surface area contributed by atoms with Crippen molar-refractivity contribution in [2.75, 3.05) is 20.3 Å². The van der Waals surface area contributed by atoms with Crippen LogP contribution in [0.25, 0.3) is 0 Å². The minimum atomic E-state index is -2.10. The summed E-state index contributed by atoms with van der Waals surface area (Å²) in [6.45, 7) is 10.0. The summed E-state index contributed by atoms with van der Waals surface area (Å²) in [5.74, 6) is 0.846. The van der Waals surface area contributed by atoms with E-state index in [9.17, 15) is 9.50 Å². The first-order valence-corrected chi connectivity index (χ1v) is 13.3. The Balaban J connectivity index is 1.83. The molecule has 0 fully saturated rings. The Morgan fingerprint density at radius 1 is 1.43 bits per heavy atom. The summed E-state index contributed by atoms with van der Waals surface area (Å²) >= 11 is 1.53. The van der Waals surface area contributed by atoms with Crippen molar-refractivity contribution in [3.8, 4) is 18.4 Å². The van der Waals surface area contributed by atoms with Gasteiger partial charge in [-0.1, -0.05) is 38.7 Å². The van der Waals surface area contributed by atoms with Crippen molar-refractivity contribution < 1.29 is 13.9 Å². The summed E-state index contributed by atoms with van der Waals surface area (Å²) in [6, 6.07) is 2.17. The largest absolute Gasteiger partial charge is 0.387 e. The second-order valence-corrected chi connectivity index (χ2v) is 11.9. The number of rotatable bonds is 10. The molecule has 0 radical (unpaired) electrons. The summed E-state index contributed by atoms with van der Waals surface area (Å²) in [4.78, 5) is 2.55. The first-order chi connectivity index (χ1) is 17.4. The highest BCUT2D eigenvalue weighted by Gasteiger charge is 2.52. The van der Waals surface area contributed by atoms with E-state index in [0.717, 1.165) is 12.5 Å². The van der Waals surface area contributed by atoms with Gasteiger partial charge in [0.1, 0.15) is 30.1 Å². The van der Waals surface area contributed by atoms with Gasteiger partial charge in [0.2, 0.25) is 0 Å². The lowest BCUT2D eigenvalue weighted by Gasteiger charge is -2.46. The number of thioether (sulfide) groups is 1. The van der Waals surface area contributed by atoms with Gasteiger partial charge in [0.15, 0.2) is 0 Å². The van der Waals surface area contributed by atoms with E-state index in [2.05, 4.69) is 30.6 Å². The van der Waals surface area contributed by atoms with Crippen molar-refractivity contribution in [1.82, 2.24) is 9.91 Å². The van der Waals surface area contributed by atoms with Crippen LogP contribution in [0.15, 0.2) is 64.4 Å². The molecule has 0 spiro atoms. The van der Waals surface area contributed by atoms with Crippen molar-refractivity contribution >= 4 is 18.1 Å². The molecule has 0 amide bonds. The van der Waals surface area contributed by atoms with Gasteiger partial charge < -0.3 is 10.0 Å². The highest BCUT2D eigenvalue weighted by Crippen LogP contribution is 2.47. The van der Waals surface area contributed by atoms with Gasteiger partial charge >= 0.3 is 0 Å². The molecule has 37 heavy (non-hydrogen) atoms. The predicted molar refractivity (Wildman–Crippen MR) is 147 cm³/mol. The van der Waals surface area contributed by atoms with Gasteiger partial charge in [-0.2, -0.15) is 10.4 Å². The first-order valence-electron chi connectivity index (χ1n) is 12.5. The quantitative estimate of drug-likeness (QED) is 0.377. The number of nitrogens with zero attached hydrogens (tertiary/aromatic N) is 4. The molecular weight excluding hydrogens is 490 g/mol. The summed E-state index contributed by atoms with van der Waals surface area (Å²) < 4.78 is 29.7. The highest BCUT2D eigenvalue weighted by atomic mass is 32.2. The van der Waals surface area contributed by atoms with Crippen molar-refractivity contribution in [1.29, 1.82) is 5.26 Å². The fourth-order valence-corrected chi connectivity index (χ4v) is 6.72. The van der Waals surface area contributed by atoms with Crippen molar-refractivity contribution in [3.63, 3.8) is 0 Å². The molecule has 0 bridgehead atoms. The Kier molecular flexibility index (Phi) is 9.10. The zero-order valence-corrected chi connectivity index (χ0v) is 22.8. The summed E-state index contributed by atoms with van der Waals surface area (Å²) in [5, 5.41) is 27.4. The second-order valence-electron chi connectivity index (χ2n) is 10.4. The molecule has 5 nitrogen and oxygen atoms in total. The van der Waals surface area contributed by atoms with E-state index in [1.165, 1.54) is 30.8 Å². The Morgan fingerprint density at radius 2 is 2.16 bits per heavy atom. The third-order valence-corrected chi connectivity index (χ3v) is 8.97. The maximum Gasteiger partial charge on any atom is 0.138 e. The molecule has 1 N–H and O–H groups in total. The maximum absolute atomic E-state index is 15.8. The summed E-state index contributed by atoms with van der Waals surface area (Å²) in [7, 11) is 1.86. The molecule has 3 aliphatic rings. The molecule has 3 rings (SSSR count). The molecule has 2 aliphatic carbocycles. The highest BCUT2D eigenvalue weighted by molar-refractivity contribution is 8.03. The minimum absolute atomic E-state index is 0.0494. The van der Waals surface area contributed by atoms with Crippen LogP contribution in [-0.2, 0) is 0 Å². The lowest BCUT2D eigenvalue weighted by Crippen LogP contribution is -2.57. The molecular formula is C29H36F2N4OS. The van der Waals surface area contributed by atoms with Crippen LogP contribution in [0.4, 0.5) is 8.78 Å². The monoisotopic (exact) mass is 526 g/mol. The number of allylic oxidation sites excluding steroid dienone is 7. The van der Waals surface area contributed by atoms with E-state index in [0.29, 0.717) is 23.6 Å². The number of terminal acetylenes is 1. The number of halogens is 2. The lowest BCUT2D eigenvalue weighted by molar-refractivity contribution is -0.0942. The molecule has 1 heterocycles. The molecule has 198 valence electrons. The maximum atomic E-state index is 15.8. The van der Waals surface area contributed by atoms with Crippen LogP contribution in [-0.4, -0.2) is 58.1 Å². The Labute approximate surface area is 224 Å². The molecule has 0 aromatic heterocycles. The van der Waals surface area contributed by atoms with Gasteiger partial charge in [-0.15, -0.1) is 24.1 Å². The van der Waals surface area contributed by atoms with Gasteiger partial charge in [-0.05, 0) is 48.3 Å². The number of β-amino-alcohol motifs (C(OH)–C–C–N with tert-alkyl or cyclic N) is 1. The van der Waals surface area contributed by atoms with Crippen LogP contribution in [0, 0.1) is 47.3 Å². The van der Waals surface area contributed by atoms with Crippen molar-refractivity contribution in [2.45, 2.75) is 50.1 Å². The van der Waals surface area contributed by atoms with Crippen LogP contribution in [0.2, 0.25) is 0 Å². The van der Waals surface area contributed by atoms with Crippen molar-refractivity contribution in [3.05, 3.63) is 59.3 Å². The molecule has 7 atom stereocenters. The van der Waals surface area contributed by atoms with E-state index in [4.69, 9.17) is 11.7 Å². The molecule has 0 aromatic rings. The average molecular weight is 527 g/mol. The fraction of sp³-hybridized carbons (Fsp3) is 0.517. The SMILES string of the molecule is C#CCC(C1C=CC(C#N)=CC1)C(C)SC(=C)C(C)C(O)(CN1CN(C)C=N1)C1C=CC(F)=CC1(C)F. The van der Waals surface area contributed by atoms with Crippen LogP contribution >= 0.6 is 11.8 Å². The number of alkyl halides is 1. The number of hydrazone groups is 1. The van der Waals surface area contributed by atoms with Gasteiger partial charge in [0, 0.05) is 36.1 Å². The Hall–Kier alpha value is -2.81. The number of nitriles is 1. The van der Waals surface area contributed by atoms with E-state index in [1.54, 1.807) is 11.3 Å².